The summed E-state index contributed by atoms with van der Waals surface area (Å²) in [7, 11) is 1.61. The van der Waals surface area contributed by atoms with Crippen molar-refractivity contribution >= 4 is 44.8 Å². The van der Waals surface area contributed by atoms with Crippen molar-refractivity contribution in [1.29, 1.82) is 0 Å². The molecule has 144 valence electrons. The number of nitrogens with zero attached hydrogens (tertiary/aromatic N) is 2. The Balaban J connectivity index is 1.73. The van der Waals surface area contributed by atoms with Crippen molar-refractivity contribution in [2.24, 2.45) is 4.99 Å². The van der Waals surface area contributed by atoms with Crippen molar-refractivity contribution in [3.05, 3.63) is 64.1 Å². The van der Waals surface area contributed by atoms with Gasteiger partial charge in [-0.3, -0.25) is 14.7 Å². The molecule has 1 saturated carbocycles. The maximum atomic E-state index is 13.5. The smallest absolute Gasteiger partial charge is 0.260 e. The van der Waals surface area contributed by atoms with E-state index in [2.05, 4.69) is 15.9 Å². The van der Waals surface area contributed by atoms with E-state index in [-0.39, 0.29) is 5.91 Å². The van der Waals surface area contributed by atoms with E-state index in [9.17, 15) is 4.79 Å². The lowest BCUT2D eigenvalue weighted by Crippen LogP contribution is -2.50. The Labute approximate surface area is 178 Å². The second kappa shape index (κ2) is 7.76. The normalized spacial score (nSPS) is 18.3. The second-order valence-corrected chi connectivity index (χ2v) is 8.49. The number of aliphatic imine (C=N–C) groups is 1. The van der Waals surface area contributed by atoms with Gasteiger partial charge in [-0.15, -0.1) is 0 Å². The Morgan fingerprint density at radius 3 is 2.32 bits per heavy atom. The van der Waals surface area contributed by atoms with Gasteiger partial charge in [-0.2, -0.15) is 0 Å². The molecule has 0 unspecified atom stereocenters. The number of carbonyl (C=O) groups is 1. The molecule has 1 amide bonds. The lowest BCUT2D eigenvalue weighted by atomic mass is 9.88. The highest BCUT2D eigenvalue weighted by Crippen LogP contribution is 2.41. The fourth-order valence-corrected chi connectivity index (χ4v) is 4.67. The number of halogens is 1. The molecule has 0 atom stereocenters. The lowest BCUT2D eigenvalue weighted by Gasteiger charge is -2.38. The van der Waals surface area contributed by atoms with Crippen molar-refractivity contribution in [3.63, 3.8) is 0 Å². The highest BCUT2D eigenvalue weighted by Gasteiger charge is 2.48. The maximum absolute atomic E-state index is 13.5. The van der Waals surface area contributed by atoms with E-state index >= 15 is 0 Å². The molecule has 0 aromatic heterocycles. The largest absolute Gasteiger partial charge is 0.497 e. The van der Waals surface area contributed by atoms with Gasteiger partial charge in [-0.05, 0) is 62.1 Å². The molecular weight excluding hydrogens is 436 g/mol. The zero-order valence-electron chi connectivity index (χ0n) is 15.7. The van der Waals surface area contributed by atoms with Crippen LogP contribution >= 0.6 is 28.1 Å². The van der Waals surface area contributed by atoms with Crippen LogP contribution in [0, 0.1) is 0 Å². The Bertz CT molecular complexity index is 932. The molecule has 4 nitrogen and oxygen atoms in total. The molecule has 0 radical (unpaired) electrons. The van der Waals surface area contributed by atoms with Crippen molar-refractivity contribution in [1.82, 2.24) is 4.90 Å². The van der Waals surface area contributed by atoms with Crippen LogP contribution < -0.4 is 4.74 Å². The Hall–Kier alpha value is -2.05. The number of benzene rings is 2. The van der Waals surface area contributed by atoms with Crippen molar-refractivity contribution in [2.45, 2.75) is 37.8 Å². The highest BCUT2D eigenvalue weighted by atomic mass is 79.9. The molecule has 6 heteroatoms. The second-order valence-electron chi connectivity index (χ2n) is 7.18. The van der Waals surface area contributed by atoms with E-state index in [1.54, 1.807) is 36.3 Å². The maximum Gasteiger partial charge on any atom is 0.260 e. The molecule has 2 aliphatic rings. The molecule has 0 N–H and O–H groups in total. The topological polar surface area (TPSA) is 41.9 Å². The van der Waals surface area contributed by atoms with Gasteiger partial charge in [0, 0.05) is 15.6 Å². The third-order valence-corrected chi connectivity index (χ3v) is 6.36. The predicted molar refractivity (Wildman–Crippen MR) is 118 cm³/mol. The van der Waals surface area contributed by atoms with E-state index in [0.717, 1.165) is 47.2 Å². The fraction of sp³-hybridized carbons (Fsp3) is 0.318. The highest BCUT2D eigenvalue weighted by molar-refractivity contribution is 9.10. The Morgan fingerprint density at radius 2 is 1.71 bits per heavy atom. The molecule has 1 spiro atoms. The summed E-state index contributed by atoms with van der Waals surface area (Å²) in [4.78, 5) is 20.8. The van der Waals surface area contributed by atoms with E-state index in [1.807, 2.05) is 24.3 Å². The zero-order valence-corrected chi connectivity index (χ0v) is 18.1. The number of hydrogen-bond acceptors (Lipinski definition) is 4. The predicted octanol–water partition coefficient (Wildman–Crippen LogP) is 5.39. The molecule has 1 aliphatic carbocycles. The summed E-state index contributed by atoms with van der Waals surface area (Å²) in [6.45, 7) is 0. The molecule has 2 aromatic rings. The summed E-state index contributed by atoms with van der Waals surface area (Å²) in [6.07, 6.45) is 4.95. The number of rotatable bonds is 3. The van der Waals surface area contributed by atoms with Gasteiger partial charge in [0.25, 0.3) is 5.91 Å². The van der Waals surface area contributed by atoms with Gasteiger partial charge in [0.05, 0.1) is 7.11 Å². The molecule has 1 fully saturated rings. The number of methoxy groups -OCH3 is 1. The van der Waals surface area contributed by atoms with Gasteiger partial charge in [0.1, 0.15) is 22.1 Å². The molecular formula is C22H21BrN2O2S. The van der Waals surface area contributed by atoms with E-state index in [0.29, 0.717) is 10.6 Å². The summed E-state index contributed by atoms with van der Waals surface area (Å²) in [5.41, 5.74) is 1.73. The van der Waals surface area contributed by atoms with Crippen LogP contribution in [0.1, 0.15) is 48.0 Å². The Kier molecular flexibility index (Phi) is 5.34. The number of carbonyl (C=O) groups excluding carboxylic acids is 1. The summed E-state index contributed by atoms with van der Waals surface area (Å²) in [5, 5.41) is 0. The van der Waals surface area contributed by atoms with E-state index in [1.165, 1.54) is 6.42 Å². The van der Waals surface area contributed by atoms with E-state index in [4.69, 9.17) is 21.9 Å². The monoisotopic (exact) mass is 456 g/mol. The molecule has 1 heterocycles. The number of hydrogen-bond donors (Lipinski definition) is 0. The van der Waals surface area contributed by atoms with Crippen LogP contribution in [0.25, 0.3) is 0 Å². The minimum atomic E-state index is -0.561. The zero-order chi connectivity index (χ0) is 19.7. The molecule has 0 bridgehead atoms. The number of ether oxygens (including phenoxy) is 1. The van der Waals surface area contributed by atoms with Crippen LogP contribution in [0.4, 0.5) is 0 Å². The van der Waals surface area contributed by atoms with Crippen molar-refractivity contribution in [3.8, 4) is 5.75 Å². The first kappa shape index (κ1) is 19.3. The van der Waals surface area contributed by atoms with Gasteiger partial charge in [0.15, 0.2) is 0 Å². The average Bonchev–Trinajstić information content (AvgIpc) is 3.00. The van der Waals surface area contributed by atoms with Gasteiger partial charge in [0.2, 0.25) is 0 Å². The Morgan fingerprint density at radius 1 is 1.07 bits per heavy atom. The number of thiocarbonyl (C=S) groups is 1. The van der Waals surface area contributed by atoms with Crippen molar-refractivity contribution in [2.75, 3.05) is 7.11 Å². The van der Waals surface area contributed by atoms with Gasteiger partial charge in [-0.25, -0.2) is 0 Å². The van der Waals surface area contributed by atoms with Crippen molar-refractivity contribution < 1.29 is 9.53 Å². The van der Waals surface area contributed by atoms with Gasteiger partial charge >= 0.3 is 0 Å². The molecule has 4 rings (SSSR count). The number of amides is 1. The van der Waals surface area contributed by atoms with Crippen LogP contribution in [-0.2, 0) is 0 Å². The van der Waals surface area contributed by atoms with Gasteiger partial charge < -0.3 is 4.74 Å². The SMILES string of the molecule is COc1ccc(C(=O)N2C(=S)C(c3ccc(Br)cc3)=NC23CCCCC3)cc1. The summed E-state index contributed by atoms with van der Waals surface area (Å²) in [5.74, 6) is 0.630. The first-order chi connectivity index (χ1) is 13.5. The molecule has 28 heavy (non-hydrogen) atoms. The average molecular weight is 457 g/mol. The molecule has 0 saturated heterocycles. The first-order valence-electron chi connectivity index (χ1n) is 9.43. The minimum Gasteiger partial charge on any atom is -0.497 e. The molecule has 1 aliphatic heterocycles. The lowest BCUT2D eigenvalue weighted by molar-refractivity contribution is 0.0648. The van der Waals surface area contributed by atoms with Crippen LogP contribution in [0.3, 0.4) is 0 Å². The summed E-state index contributed by atoms with van der Waals surface area (Å²) in [6, 6.07) is 15.1. The van der Waals surface area contributed by atoms with E-state index < -0.39 is 5.66 Å². The standard InChI is InChI=1S/C22H21BrN2O2S/c1-27-18-11-7-16(8-12-18)20(26)25-21(28)19(15-5-9-17(23)10-6-15)24-22(25)13-3-2-4-14-22/h5-12H,2-4,13-14H2,1H3. The van der Waals surface area contributed by atoms with Crippen LogP contribution in [0.15, 0.2) is 58.0 Å². The third-order valence-electron chi connectivity index (χ3n) is 5.45. The summed E-state index contributed by atoms with van der Waals surface area (Å²) < 4.78 is 6.21. The first-order valence-corrected chi connectivity index (χ1v) is 10.6. The summed E-state index contributed by atoms with van der Waals surface area (Å²) >= 11 is 9.26. The van der Waals surface area contributed by atoms with Crippen LogP contribution in [0.2, 0.25) is 0 Å². The molecule has 2 aromatic carbocycles. The van der Waals surface area contributed by atoms with Crippen LogP contribution in [-0.4, -0.2) is 34.3 Å². The minimum absolute atomic E-state index is 0.0922. The fourth-order valence-electron chi connectivity index (χ4n) is 3.99. The quantitative estimate of drug-likeness (QED) is 0.581. The third kappa shape index (κ3) is 3.40. The van der Waals surface area contributed by atoms with Gasteiger partial charge in [-0.1, -0.05) is 46.7 Å². The van der Waals surface area contributed by atoms with Crippen LogP contribution in [0.5, 0.6) is 5.75 Å².